The van der Waals surface area contributed by atoms with Gasteiger partial charge in [0.05, 0.1) is 11.3 Å². The van der Waals surface area contributed by atoms with Gasteiger partial charge in [-0.05, 0) is 30.5 Å². The number of hydrogen-bond donors (Lipinski definition) is 1. The van der Waals surface area contributed by atoms with Gasteiger partial charge in [-0.1, -0.05) is 43.1 Å². The number of hydrogen-bond acceptors (Lipinski definition) is 4. The number of cyclic esters (lactones) is 1. The van der Waals surface area contributed by atoms with Crippen molar-refractivity contribution in [3.05, 3.63) is 56.3 Å². The van der Waals surface area contributed by atoms with Crippen LogP contribution in [0.2, 0.25) is 10.0 Å². The van der Waals surface area contributed by atoms with Crippen molar-refractivity contribution in [2.45, 2.75) is 32.6 Å². The molecule has 1 aliphatic carbocycles. The Morgan fingerprint density at radius 3 is 2.64 bits per heavy atom. The number of esters is 1. The van der Waals surface area contributed by atoms with E-state index in [-0.39, 0.29) is 12.4 Å². The lowest BCUT2D eigenvalue weighted by molar-refractivity contribution is -0.136. The summed E-state index contributed by atoms with van der Waals surface area (Å²) in [7, 11) is 0. The first-order valence-corrected chi connectivity index (χ1v) is 8.95. The summed E-state index contributed by atoms with van der Waals surface area (Å²) in [4.78, 5) is 25.6. The highest BCUT2D eigenvalue weighted by molar-refractivity contribution is 6.35. The van der Waals surface area contributed by atoms with E-state index in [2.05, 4.69) is 5.32 Å². The smallest absolute Gasteiger partial charge is 0.337 e. The molecule has 1 unspecified atom stereocenters. The first kappa shape index (κ1) is 16.7. The van der Waals surface area contributed by atoms with E-state index in [1.807, 2.05) is 13.8 Å². The van der Waals surface area contributed by atoms with Gasteiger partial charge in [0.2, 0.25) is 0 Å². The van der Waals surface area contributed by atoms with Gasteiger partial charge in [-0.2, -0.15) is 0 Å². The van der Waals surface area contributed by atoms with Gasteiger partial charge in [0.1, 0.15) is 6.61 Å². The van der Waals surface area contributed by atoms with E-state index in [0.717, 1.165) is 24.2 Å². The van der Waals surface area contributed by atoms with Crippen LogP contribution in [0.15, 0.2) is 40.7 Å². The van der Waals surface area contributed by atoms with E-state index in [1.165, 1.54) is 0 Å². The predicted octanol–water partition coefficient (Wildman–Crippen LogP) is 4.13. The van der Waals surface area contributed by atoms with E-state index < -0.39 is 17.3 Å². The number of nitrogens with one attached hydrogen (secondary N) is 1. The first-order valence-electron chi connectivity index (χ1n) is 8.19. The Morgan fingerprint density at radius 1 is 1.16 bits per heavy atom. The van der Waals surface area contributed by atoms with Gasteiger partial charge in [-0.3, -0.25) is 4.79 Å². The minimum Gasteiger partial charge on any atom is -0.456 e. The highest BCUT2D eigenvalue weighted by Crippen LogP contribution is 2.49. The van der Waals surface area contributed by atoms with E-state index >= 15 is 0 Å². The second kappa shape index (κ2) is 5.61. The summed E-state index contributed by atoms with van der Waals surface area (Å²) in [6.45, 7) is 4.08. The zero-order chi connectivity index (χ0) is 17.9. The summed E-state index contributed by atoms with van der Waals surface area (Å²) in [5.41, 5.74) is 2.94. The molecule has 0 radical (unpaired) electrons. The predicted molar refractivity (Wildman–Crippen MR) is 95.4 cm³/mol. The molecule has 4 rings (SSSR count). The van der Waals surface area contributed by atoms with E-state index in [4.69, 9.17) is 27.9 Å². The summed E-state index contributed by atoms with van der Waals surface area (Å²) in [5.74, 6) is -0.872. The van der Waals surface area contributed by atoms with Crippen molar-refractivity contribution in [2.24, 2.45) is 5.41 Å². The zero-order valence-corrected chi connectivity index (χ0v) is 15.4. The topological polar surface area (TPSA) is 55.4 Å². The lowest BCUT2D eigenvalue weighted by Crippen LogP contribution is -2.39. The van der Waals surface area contributed by atoms with Gasteiger partial charge in [0.15, 0.2) is 5.78 Å². The highest BCUT2D eigenvalue weighted by atomic mass is 35.5. The largest absolute Gasteiger partial charge is 0.456 e. The van der Waals surface area contributed by atoms with Gasteiger partial charge in [-0.15, -0.1) is 0 Å². The molecular weight excluding hydrogens is 361 g/mol. The normalized spacial score (nSPS) is 24.7. The number of halogens is 2. The Morgan fingerprint density at radius 2 is 1.92 bits per heavy atom. The number of benzene rings is 1. The maximum absolute atomic E-state index is 13.2. The molecule has 130 valence electrons. The fraction of sp³-hybridized carbons (Fsp3) is 0.368. The number of carbonyl (C=O) groups is 2. The van der Waals surface area contributed by atoms with Crippen LogP contribution in [0.3, 0.4) is 0 Å². The summed E-state index contributed by atoms with van der Waals surface area (Å²) in [6, 6.07) is 5.15. The standard InChI is InChI=1S/C19H17Cl2NO3/c1-19(2)6-5-12-15(17(19)23)14(10-4-3-9(20)7-11(10)21)16-13(22-12)8-25-18(16)24/h3-4,7,14,22H,5-6,8H2,1-2H3. The molecule has 2 heterocycles. The summed E-state index contributed by atoms with van der Waals surface area (Å²) < 4.78 is 5.23. The number of rotatable bonds is 1. The van der Waals surface area contributed by atoms with Gasteiger partial charge in [0.25, 0.3) is 0 Å². The van der Waals surface area contributed by atoms with Crippen LogP contribution >= 0.6 is 23.2 Å². The molecule has 25 heavy (non-hydrogen) atoms. The molecule has 1 N–H and O–H groups in total. The fourth-order valence-electron chi connectivity index (χ4n) is 3.81. The molecule has 1 atom stereocenters. The number of ether oxygens (including phenoxy) is 1. The number of allylic oxidation sites excluding steroid dienone is 2. The van der Waals surface area contributed by atoms with Crippen LogP contribution in [0.4, 0.5) is 0 Å². The maximum Gasteiger partial charge on any atom is 0.337 e. The van der Waals surface area contributed by atoms with Crippen molar-refractivity contribution >= 4 is 35.0 Å². The van der Waals surface area contributed by atoms with Crippen molar-refractivity contribution in [1.82, 2.24) is 5.32 Å². The fourth-order valence-corrected chi connectivity index (χ4v) is 4.33. The molecule has 0 saturated carbocycles. The number of Topliss-reactive ketones (excluding diaryl/α,β-unsaturated/α-hetero) is 1. The average molecular weight is 378 g/mol. The van der Waals surface area contributed by atoms with Crippen LogP contribution < -0.4 is 5.32 Å². The monoisotopic (exact) mass is 377 g/mol. The molecule has 0 fully saturated rings. The molecule has 2 aliphatic heterocycles. The van der Waals surface area contributed by atoms with E-state index in [1.54, 1.807) is 18.2 Å². The van der Waals surface area contributed by atoms with Crippen molar-refractivity contribution in [3.63, 3.8) is 0 Å². The summed E-state index contributed by atoms with van der Waals surface area (Å²) in [6.07, 6.45) is 1.51. The van der Waals surface area contributed by atoms with Crippen molar-refractivity contribution in [2.75, 3.05) is 6.61 Å². The maximum atomic E-state index is 13.2. The summed E-state index contributed by atoms with van der Waals surface area (Å²) in [5, 5.41) is 4.22. The Balaban J connectivity index is 1.94. The molecule has 0 bridgehead atoms. The number of carbonyl (C=O) groups excluding carboxylic acids is 2. The second-order valence-electron chi connectivity index (χ2n) is 7.30. The Bertz CT molecular complexity index is 883. The minimum absolute atomic E-state index is 0.0449. The highest BCUT2D eigenvalue weighted by Gasteiger charge is 2.47. The summed E-state index contributed by atoms with van der Waals surface area (Å²) >= 11 is 12.5. The molecule has 0 saturated heterocycles. The molecule has 1 aromatic carbocycles. The lowest BCUT2D eigenvalue weighted by Gasteiger charge is -2.38. The molecule has 0 aromatic heterocycles. The first-order chi connectivity index (χ1) is 11.8. The van der Waals surface area contributed by atoms with Crippen LogP contribution in [0, 0.1) is 5.41 Å². The van der Waals surface area contributed by atoms with Crippen molar-refractivity contribution in [3.8, 4) is 0 Å². The molecule has 1 aromatic rings. The SMILES string of the molecule is CC1(C)CCC2=C(C1=O)C(c1ccc(Cl)cc1Cl)C1=C(COC1=O)N2. The van der Waals surface area contributed by atoms with E-state index in [9.17, 15) is 9.59 Å². The molecule has 3 aliphatic rings. The van der Waals surface area contributed by atoms with Crippen LogP contribution in [0.1, 0.15) is 38.2 Å². The van der Waals surface area contributed by atoms with Gasteiger partial charge in [0, 0.05) is 32.6 Å². The molecular formula is C19H17Cl2NO3. The average Bonchev–Trinajstić information content (AvgIpc) is 2.91. The number of dihydropyridines is 1. The minimum atomic E-state index is -0.516. The molecule has 0 spiro atoms. The van der Waals surface area contributed by atoms with Crippen LogP contribution in [-0.2, 0) is 14.3 Å². The van der Waals surface area contributed by atoms with Gasteiger partial charge < -0.3 is 10.1 Å². The number of ketones is 1. The molecule has 4 nitrogen and oxygen atoms in total. The Hall–Kier alpha value is -1.78. The Labute approximate surface area is 155 Å². The quantitative estimate of drug-likeness (QED) is 0.747. The third-order valence-electron chi connectivity index (χ3n) is 5.23. The zero-order valence-electron chi connectivity index (χ0n) is 13.9. The lowest BCUT2D eigenvalue weighted by atomic mass is 9.67. The van der Waals surface area contributed by atoms with Gasteiger partial charge >= 0.3 is 5.97 Å². The van der Waals surface area contributed by atoms with Crippen LogP contribution in [-0.4, -0.2) is 18.4 Å². The Kier molecular flexibility index (Phi) is 3.74. The van der Waals surface area contributed by atoms with E-state index in [0.29, 0.717) is 26.8 Å². The third-order valence-corrected chi connectivity index (χ3v) is 5.79. The van der Waals surface area contributed by atoms with Crippen molar-refractivity contribution in [1.29, 1.82) is 0 Å². The molecule has 6 heteroatoms. The molecule has 0 amide bonds. The van der Waals surface area contributed by atoms with Gasteiger partial charge in [-0.25, -0.2) is 4.79 Å². The second-order valence-corrected chi connectivity index (χ2v) is 8.14. The van der Waals surface area contributed by atoms with Crippen molar-refractivity contribution < 1.29 is 14.3 Å². The van der Waals surface area contributed by atoms with Crippen LogP contribution in [0.5, 0.6) is 0 Å². The third kappa shape index (κ3) is 2.51. The van der Waals surface area contributed by atoms with Crippen LogP contribution in [0.25, 0.3) is 0 Å².